The molecule has 18 heavy (non-hydrogen) atoms. The average Bonchev–Trinajstić information content (AvgIpc) is 2.82. The van der Waals surface area contributed by atoms with Crippen molar-refractivity contribution < 1.29 is 4.79 Å². The number of carbonyl (C=O) groups is 1. The van der Waals surface area contributed by atoms with Crippen molar-refractivity contribution in [3.8, 4) is 0 Å². The van der Waals surface area contributed by atoms with Gasteiger partial charge in [0, 0.05) is 17.7 Å². The molecule has 0 spiro atoms. The van der Waals surface area contributed by atoms with Crippen LogP contribution in [-0.2, 0) is 4.79 Å². The molecule has 1 aromatic rings. The molecule has 0 aliphatic heterocycles. The summed E-state index contributed by atoms with van der Waals surface area (Å²) in [5.41, 5.74) is 1.05. The molecule has 1 amide bonds. The van der Waals surface area contributed by atoms with Crippen molar-refractivity contribution in [3.63, 3.8) is 0 Å². The van der Waals surface area contributed by atoms with Gasteiger partial charge in [0.15, 0.2) is 0 Å². The number of fused-ring (bicyclic) bond motifs is 5. The Hall–Kier alpha value is -1.32. The van der Waals surface area contributed by atoms with Crippen LogP contribution in [0.25, 0.3) is 0 Å². The summed E-state index contributed by atoms with van der Waals surface area (Å²) in [7, 11) is 0. The maximum absolute atomic E-state index is 12.3. The lowest BCUT2D eigenvalue weighted by Gasteiger charge is -2.14. The van der Waals surface area contributed by atoms with E-state index in [1.807, 2.05) is 13.1 Å². The third kappa shape index (κ3) is 1.38. The van der Waals surface area contributed by atoms with Gasteiger partial charge in [-0.15, -0.1) is 0 Å². The van der Waals surface area contributed by atoms with Crippen molar-refractivity contribution in [3.05, 3.63) is 18.0 Å². The van der Waals surface area contributed by atoms with Crippen molar-refractivity contribution in [1.82, 2.24) is 15.5 Å². The first kappa shape index (κ1) is 10.6. The first-order valence-corrected chi connectivity index (χ1v) is 7.04. The van der Waals surface area contributed by atoms with Gasteiger partial charge in [0.25, 0.3) is 0 Å². The molecule has 3 aliphatic carbocycles. The summed E-state index contributed by atoms with van der Waals surface area (Å²) in [5, 5.41) is 9.86. The highest BCUT2D eigenvalue weighted by atomic mass is 16.2. The van der Waals surface area contributed by atoms with Gasteiger partial charge in [-0.1, -0.05) is 0 Å². The molecule has 0 saturated heterocycles. The summed E-state index contributed by atoms with van der Waals surface area (Å²) >= 11 is 0. The number of hydrogen-bond donors (Lipinski definition) is 2. The van der Waals surface area contributed by atoms with Crippen LogP contribution in [0.4, 0.5) is 0 Å². The zero-order valence-corrected chi connectivity index (χ0v) is 10.6. The lowest BCUT2D eigenvalue weighted by molar-refractivity contribution is -0.124. The second-order valence-electron chi connectivity index (χ2n) is 6.28. The fraction of sp³-hybridized carbons (Fsp3) is 0.714. The second-order valence-corrected chi connectivity index (χ2v) is 6.28. The van der Waals surface area contributed by atoms with Crippen LogP contribution in [0.2, 0.25) is 0 Å². The third-order valence-corrected chi connectivity index (χ3v) is 5.42. The number of hydrogen-bond acceptors (Lipinski definition) is 2. The highest BCUT2D eigenvalue weighted by molar-refractivity contribution is 5.83. The van der Waals surface area contributed by atoms with Crippen LogP contribution in [0.5, 0.6) is 0 Å². The van der Waals surface area contributed by atoms with Crippen LogP contribution in [-0.4, -0.2) is 16.1 Å². The summed E-state index contributed by atoms with van der Waals surface area (Å²) in [5.74, 6) is 3.77. The van der Waals surface area contributed by atoms with E-state index in [1.54, 1.807) is 6.20 Å². The Morgan fingerprint density at radius 1 is 1.44 bits per heavy atom. The minimum absolute atomic E-state index is 0.0650. The van der Waals surface area contributed by atoms with E-state index in [9.17, 15) is 4.79 Å². The van der Waals surface area contributed by atoms with E-state index in [1.165, 1.54) is 19.3 Å². The highest BCUT2D eigenvalue weighted by Crippen LogP contribution is 2.69. The summed E-state index contributed by atoms with van der Waals surface area (Å²) in [6, 6.07) is 0.0650. The van der Waals surface area contributed by atoms with Crippen LogP contribution in [0, 0.1) is 29.6 Å². The molecule has 4 nitrogen and oxygen atoms in total. The van der Waals surface area contributed by atoms with E-state index < -0.39 is 0 Å². The van der Waals surface area contributed by atoms with Gasteiger partial charge < -0.3 is 5.32 Å². The molecule has 5 atom stereocenters. The Balaban J connectivity index is 1.41. The molecule has 1 aromatic heterocycles. The van der Waals surface area contributed by atoms with E-state index >= 15 is 0 Å². The lowest BCUT2D eigenvalue weighted by Crippen LogP contribution is -2.30. The third-order valence-electron chi connectivity index (χ3n) is 5.42. The van der Waals surface area contributed by atoms with E-state index in [2.05, 4.69) is 15.5 Å². The predicted molar refractivity (Wildman–Crippen MR) is 66.4 cm³/mol. The number of aromatic nitrogens is 2. The molecule has 4 rings (SSSR count). The second kappa shape index (κ2) is 3.59. The molecule has 2 N–H and O–H groups in total. The van der Waals surface area contributed by atoms with Gasteiger partial charge in [-0.25, -0.2) is 0 Å². The van der Waals surface area contributed by atoms with Crippen LogP contribution >= 0.6 is 0 Å². The summed E-state index contributed by atoms with van der Waals surface area (Å²) in [6.07, 6.45) is 7.76. The van der Waals surface area contributed by atoms with E-state index in [0.717, 1.165) is 29.2 Å². The Morgan fingerprint density at radius 2 is 2.17 bits per heavy atom. The number of nitrogens with zero attached hydrogens (tertiary/aromatic N) is 1. The number of nitrogens with one attached hydrogen (secondary N) is 2. The standard InChI is InChI=1S/C14H19N3O/c1-7(10-5-15-16-6-10)17-14(18)13-11-8-2-3-9(4-8)12(11)13/h5-9,11-13H,2-4H2,1H3,(H,15,16)(H,17,18). The summed E-state index contributed by atoms with van der Waals surface area (Å²) in [4.78, 5) is 12.3. The van der Waals surface area contributed by atoms with Gasteiger partial charge in [0.05, 0.1) is 12.2 Å². The fourth-order valence-electron chi connectivity index (χ4n) is 4.57. The van der Waals surface area contributed by atoms with Gasteiger partial charge in [0.1, 0.15) is 0 Å². The molecule has 4 heteroatoms. The zero-order chi connectivity index (χ0) is 12.3. The minimum atomic E-state index is 0.0650. The van der Waals surface area contributed by atoms with Crippen LogP contribution in [0.3, 0.4) is 0 Å². The van der Waals surface area contributed by atoms with E-state index in [0.29, 0.717) is 5.92 Å². The molecule has 0 radical (unpaired) electrons. The Labute approximate surface area is 107 Å². The van der Waals surface area contributed by atoms with Crippen molar-refractivity contribution in [2.75, 3.05) is 0 Å². The number of aromatic amines is 1. The molecule has 96 valence electrons. The van der Waals surface area contributed by atoms with E-state index in [-0.39, 0.29) is 11.9 Å². The quantitative estimate of drug-likeness (QED) is 0.854. The maximum Gasteiger partial charge on any atom is 0.224 e. The van der Waals surface area contributed by atoms with E-state index in [4.69, 9.17) is 0 Å². The molecule has 2 bridgehead atoms. The normalized spacial score (nSPS) is 41.5. The summed E-state index contributed by atoms with van der Waals surface area (Å²) < 4.78 is 0. The maximum atomic E-state index is 12.3. The SMILES string of the molecule is CC(NC(=O)C1C2C3CCC(C3)C12)c1cn[nH]c1. The monoisotopic (exact) mass is 245 g/mol. The summed E-state index contributed by atoms with van der Waals surface area (Å²) in [6.45, 7) is 2.02. The number of H-pyrrole nitrogens is 1. The first-order chi connectivity index (χ1) is 8.75. The van der Waals surface area contributed by atoms with Crippen LogP contribution < -0.4 is 5.32 Å². The Kier molecular flexibility index (Phi) is 2.11. The molecule has 1 heterocycles. The Bertz CT molecular complexity index is 453. The molecule has 3 saturated carbocycles. The zero-order valence-electron chi connectivity index (χ0n) is 10.6. The van der Waals surface area contributed by atoms with Gasteiger partial charge in [-0.05, 0) is 49.9 Å². The Morgan fingerprint density at radius 3 is 2.78 bits per heavy atom. The molecule has 5 unspecified atom stereocenters. The van der Waals surface area contributed by atoms with Crippen LogP contribution in [0.15, 0.2) is 12.4 Å². The van der Waals surface area contributed by atoms with Crippen LogP contribution in [0.1, 0.15) is 37.8 Å². The highest BCUT2D eigenvalue weighted by Gasteiger charge is 2.67. The van der Waals surface area contributed by atoms with Gasteiger partial charge in [-0.2, -0.15) is 5.10 Å². The van der Waals surface area contributed by atoms with Gasteiger partial charge in [-0.3, -0.25) is 9.89 Å². The van der Waals surface area contributed by atoms with Crippen molar-refractivity contribution in [1.29, 1.82) is 0 Å². The minimum Gasteiger partial charge on any atom is -0.349 e. The molecular formula is C14H19N3O. The smallest absolute Gasteiger partial charge is 0.224 e. The fourth-order valence-corrected chi connectivity index (χ4v) is 4.57. The molecule has 3 fully saturated rings. The number of amides is 1. The van der Waals surface area contributed by atoms with Crippen molar-refractivity contribution in [2.45, 2.75) is 32.2 Å². The topological polar surface area (TPSA) is 57.8 Å². The first-order valence-electron chi connectivity index (χ1n) is 7.04. The number of rotatable bonds is 3. The van der Waals surface area contributed by atoms with Gasteiger partial charge >= 0.3 is 0 Å². The van der Waals surface area contributed by atoms with Gasteiger partial charge in [0.2, 0.25) is 5.91 Å². The number of carbonyl (C=O) groups excluding carboxylic acids is 1. The van der Waals surface area contributed by atoms with Crippen molar-refractivity contribution >= 4 is 5.91 Å². The van der Waals surface area contributed by atoms with Crippen molar-refractivity contribution in [2.24, 2.45) is 29.6 Å². The molecular weight excluding hydrogens is 226 g/mol. The lowest BCUT2D eigenvalue weighted by atomic mass is 10.0. The molecule has 0 aromatic carbocycles. The molecule has 3 aliphatic rings. The predicted octanol–water partition coefficient (Wildman–Crippen LogP) is 1.88. The average molecular weight is 245 g/mol. The largest absolute Gasteiger partial charge is 0.349 e.